The van der Waals surface area contributed by atoms with Gasteiger partial charge in [-0.3, -0.25) is 4.79 Å². The number of amides is 1. The number of nitrogen functional groups attached to an aromatic ring is 1. The molecule has 0 bridgehead atoms. The van der Waals surface area contributed by atoms with Crippen molar-refractivity contribution in [3.8, 4) is 16.8 Å². The van der Waals surface area contributed by atoms with Crippen molar-refractivity contribution in [3.05, 3.63) is 88.8 Å². The Hall–Kier alpha value is -4.15. The summed E-state index contributed by atoms with van der Waals surface area (Å²) in [6, 6.07) is 15.0. The topological polar surface area (TPSA) is 81.4 Å². The van der Waals surface area contributed by atoms with Crippen LogP contribution in [0.5, 0.6) is 0 Å². The van der Waals surface area contributed by atoms with Gasteiger partial charge >= 0.3 is 0 Å². The van der Waals surface area contributed by atoms with Crippen molar-refractivity contribution in [3.63, 3.8) is 0 Å². The molecule has 0 saturated carbocycles. The second-order valence-electron chi connectivity index (χ2n) is 7.31. The highest BCUT2D eigenvalue weighted by Gasteiger charge is 2.17. The van der Waals surface area contributed by atoms with E-state index in [1.807, 2.05) is 59.3 Å². The van der Waals surface area contributed by atoms with E-state index in [0.717, 1.165) is 27.8 Å². The van der Waals surface area contributed by atoms with Crippen molar-refractivity contribution in [1.82, 2.24) is 19.4 Å². The first-order valence-corrected chi connectivity index (χ1v) is 10.1. The third-order valence-electron chi connectivity index (χ3n) is 4.97. The Morgan fingerprint density at radius 3 is 2.62 bits per heavy atom. The lowest BCUT2D eigenvalue weighted by molar-refractivity contribution is -0.124. The van der Waals surface area contributed by atoms with Crippen molar-refractivity contribution in [1.29, 1.82) is 0 Å². The number of hydrogen-bond acceptors (Lipinski definition) is 4. The summed E-state index contributed by atoms with van der Waals surface area (Å²) in [5.74, 6) is 0.0315. The van der Waals surface area contributed by atoms with Gasteiger partial charge in [0.25, 0.3) is 11.6 Å². The second-order valence-corrected chi connectivity index (χ2v) is 7.75. The molecular weight excluding hydrogens is 424 g/mol. The summed E-state index contributed by atoms with van der Waals surface area (Å²) >= 11 is 6.05. The lowest BCUT2D eigenvalue weighted by Gasteiger charge is -2.09. The summed E-state index contributed by atoms with van der Waals surface area (Å²) in [6.07, 6.45) is 4.95. The molecule has 158 valence electrons. The van der Waals surface area contributed by atoms with Crippen LogP contribution in [-0.2, 0) is 4.79 Å². The maximum Gasteiger partial charge on any atom is 0.252 e. The van der Waals surface area contributed by atoms with Crippen LogP contribution >= 0.6 is 11.6 Å². The van der Waals surface area contributed by atoms with Crippen LogP contribution in [0, 0.1) is 6.57 Å². The standard InChI is InChI=1S/C24H19ClN6O/c1-27-20(24(32)30(2)3)12-15-5-4-6-18(11-15)31-13-19(16-7-9-17(25)10-8-16)21-22(26)28-14-29-23(21)31/h4-14H,2-3H3,(H2,26,28,29)/b20-12-. The fourth-order valence-electron chi connectivity index (χ4n) is 3.42. The number of hydrogen-bond donors (Lipinski definition) is 1. The van der Waals surface area contributed by atoms with Crippen LogP contribution in [0.15, 0.2) is 66.8 Å². The molecule has 2 N–H and O–H groups in total. The number of halogens is 1. The minimum absolute atomic E-state index is 0.0398. The summed E-state index contributed by atoms with van der Waals surface area (Å²) in [4.78, 5) is 25.6. The summed E-state index contributed by atoms with van der Waals surface area (Å²) in [5, 5.41) is 1.38. The van der Waals surface area contributed by atoms with Crippen molar-refractivity contribution in [2.75, 3.05) is 19.8 Å². The van der Waals surface area contributed by atoms with E-state index < -0.39 is 0 Å². The summed E-state index contributed by atoms with van der Waals surface area (Å²) in [5.41, 5.74) is 10.2. The number of benzene rings is 2. The molecule has 0 saturated heterocycles. The molecule has 2 heterocycles. The van der Waals surface area contributed by atoms with Gasteiger partial charge in [-0.15, -0.1) is 0 Å². The highest BCUT2D eigenvalue weighted by Crippen LogP contribution is 2.34. The van der Waals surface area contributed by atoms with Gasteiger partial charge in [0, 0.05) is 36.6 Å². The quantitative estimate of drug-likeness (QED) is 0.368. The first-order chi connectivity index (χ1) is 15.4. The number of likely N-dealkylation sites (N-methyl/N-ethyl adjacent to an activating group) is 1. The maximum atomic E-state index is 12.2. The van der Waals surface area contributed by atoms with Gasteiger partial charge in [-0.2, -0.15) is 0 Å². The fourth-order valence-corrected chi connectivity index (χ4v) is 3.55. The molecule has 0 fully saturated rings. The van der Waals surface area contributed by atoms with Crippen LogP contribution < -0.4 is 5.73 Å². The number of anilines is 1. The van der Waals surface area contributed by atoms with Gasteiger partial charge in [-0.25, -0.2) is 14.8 Å². The van der Waals surface area contributed by atoms with Gasteiger partial charge in [0.15, 0.2) is 5.65 Å². The van der Waals surface area contributed by atoms with E-state index >= 15 is 0 Å². The van der Waals surface area contributed by atoms with Gasteiger partial charge in [-0.05, 0) is 41.5 Å². The second kappa shape index (κ2) is 8.53. The van der Waals surface area contributed by atoms with Crippen molar-refractivity contribution < 1.29 is 4.79 Å². The summed E-state index contributed by atoms with van der Waals surface area (Å²) in [6.45, 7) is 7.36. The Bertz CT molecular complexity index is 1400. The average Bonchev–Trinajstić information content (AvgIpc) is 3.19. The van der Waals surface area contributed by atoms with Crippen molar-refractivity contribution >= 4 is 40.4 Å². The number of aromatic nitrogens is 3. The summed E-state index contributed by atoms with van der Waals surface area (Å²) in [7, 11) is 3.23. The van der Waals surface area contributed by atoms with Crippen LogP contribution in [0.25, 0.3) is 38.8 Å². The predicted molar refractivity (Wildman–Crippen MR) is 127 cm³/mol. The Balaban J connectivity index is 1.88. The van der Waals surface area contributed by atoms with Gasteiger partial charge in [-0.1, -0.05) is 35.9 Å². The Labute approximate surface area is 190 Å². The number of carbonyl (C=O) groups excluding carboxylic acids is 1. The Kier molecular flexibility index (Phi) is 5.63. The third-order valence-corrected chi connectivity index (χ3v) is 5.22. The average molecular weight is 443 g/mol. The molecular formula is C24H19ClN6O. The van der Waals surface area contributed by atoms with E-state index in [4.69, 9.17) is 23.9 Å². The SMILES string of the molecule is [C-]#[N+]/C(=C\c1cccc(-n2cc(-c3ccc(Cl)cc3)c3c(N)ncnc32)c1)C(=O)N(C)C. The third kappa shape index (κ3) is 3.92. The highest BCUT2D eigenvalue weighted by molar-refractivity contribution is 6.30. The van der Waals surface area contributed by atoms with Gasteiger partial charge in [0.05, 0.1) is 12.0 Å². The van der Waals surface area contributed by atoms with E-state index in [0.29, 0.717) is 16.5 Å². The zero-order valence-corrected chi connectivity index (χ0v) is 18.2. The highest BCUT2D eigenvalue weighted by atomic mass is 35.5. The predicted octanol–water partition coefficient (Wildman–Crippen LogP) is 4.67. The molecule has 8 heteroatoms. The molecule has 0 unspecified atom stereocenters. The fraction of sp³-hybridized carbons (Fsp3) is 0.0833. The molecule has 0 spiro atoms. The lowest BCUT2D eigenvalue weighted by atomic mass is 10.1. The van der Waals surface area contributed by atoms with Crippen LogP contribution in [0.2, 0.25) is 5.02 Å². The van der Waals surface area contributed by atoms with E-state index in [1.165, 1.54) is 11.2 Å². The number of fused-ring (bicyclic) bond motifs is 1. The van der Waals surface area contributed by atoms with Crippen molar-refractivity contribution in [2.24, 2.45) is 0 Å². The van der Waals surface area contributed by atoms with Crippen LogP contribution in [0.3, 0.4) is 0 Å². The Morgan fingerprint density at radius 2 is 1.94 bits per heavy atom. The van der Waals surface area contributed by atoms with Crippen LogP contribution in [0.1, 0.15) is 5.56 Å². The monoisotopic (exact) mass is 442 g/mol. The molecule has 32 heavy (non-hydrogen) atoms. The smallest absolute Gasteiger partial charge is 0.252 e. The Morgan fingerprint density at radius 1 is 1.19 bits per heavy atom. The number of nitrogens with two attached hydrogens (primary N) is 1. The molecule has 0 aliphatic rings. The molecule has 0 radical (unpaired) electrons. The maximum absolute atomic E-state index is 12.2. The lowest BCUT2D eigenvalue weighted by Crippen LogP contribution is -2.22. The van der Waals surface area contributed by atoms with E-state index in [2.05, 4.69) is 14.8 Å². The normalized spacial score (nSPS) is 11.4. The largest absolute Gasteiger partial charge is 0.383 e. The van der Waals surface area contributed by atoms with Crippen LogP contribution in [0.4, 0.5) is 5.82 Å². The molecule has 2 aromatic carbocycles. The zero-order chi connectivity index (χ0) is 22.8. The van der Waals surface area contributed by atoms with Gasteiger partial charge < -0.3 is 15.2 Å². The molecule has 0 aliphatic carbocycles. The molecule has 2 aromatic heterocycles. The number of carbonyl (C=O) groups is 1. The number of nitrogens with zero attached hydrogens (tertiary/aromatic N) is 5. The zero-order valence-electron chi connectivity index (χ0n) is 17.5. The molecule has 7 nitrogen and oxygen atoms in total. The minimum Gasteiger partial charge on any atom is -0.383 e. The first kappa shape index (κ1) is 21.1. The van der Waals surface area contributed by atoms with Crippen LogP contribution in [-0.4, -0.2) is 39.4 Å². The summed E-state index contributed by atoms with van der Waals surface area (Å²) < 4.78 is 1.92. The van der Waals surface area contributed by atoms with E-state index in [-0.39, 0.29) is 11.6 Å². The van der Waals surface area contributed by atoms with E-state index in [9.17, 15) is 4.79 Å². The van der Waals surface area contributed by atoms with Crippen molar-refractivity contribution in [2.45, 2.75) is 0 Å². The number of rotatable bonds is 4. The van der Waals surface area contributed by atoms with Gasteiger partial charge in [0.2, 0.25) is 0 Å². The molecule has 0 atom stereocenters. The first-order valence-electron chi connectivity index (χ1n) is 9.67. The minimum atomic E-state index is -0.345. The van der Waals surface area contributed by atoms with E-state index in [1.54, 1.807) is 20.2 Å². The molecule has 1 amide bonds. The molecule has 4 aromatic rings. The molecule has 0 aliphatic heterocycles. The van der Waals surface area contributed by atoms with Gasteiger partial charge in [0.1, 0.15) is 12.1 Å². The molecule has 4 rings (SSSR count).